The van der Waals surface area contributed by atoms with Gasteiger partial charge in [-0.05, 0) is 12.5 Å². The van der Waals surface area contributed by atoms with E-state index in [2.05, 4.69) is 36.2 Å². The lowest BCUT2D eigenvalue weighted by atomic mass is 10.1. The van der Waals surface area contributed by atoms with Crippen molar-refractivity contribution < 1.29 is 0 Å². The molecule has 0 aliphatic carbocycles. The fraction of sp³-hybridized carbons (Fsp3) is 0.333. The van der Waals surface area contributed by atoms with Crippen LogP contribution in [0.3, 0.4) is 0 Å². The van der Waals surface area contributed by atoms with Crippen molar-refractivity contribution in [2.45, 2.75) is 19.9 Å². The molecule has 7 heteroatoms. The average molecular weight is 324 g/mol. The van der Waals surface area contributed by atoms with Gasteiger partial charge in [-0.3, -0.25) is 9.55 Å². The number of halogens is 1. The van der Waals surface area contributed by atoms with Crippen LogP contribution < -0.4 is 11.0 Å². The quantitative estimate of drug-likeness (QED) is 0.921. The molecule has 2 aromatic heterocycles. The summed E-state index contributed by atoms with van der Waals surface area (Å²) in [5.74, 6) is 0.321. The number of aryl methyl sites for hydroxylation is 1. The third-order valence-corrected chi connectivity index (χ3v) is 3.48. The van der Waals surface area contributed by atoms with Crippen LogP contribution in [0.2, 0.25) is 0 Å². The maximum Gasteiger partial charge on any atom is 0.352 e. The van der Waals surface area contributed by atoms with Gasteiger partial charge in [0.15, 0.2) is 0 Å². The molecule has 0 saturated heterocycles. The Bertz CT molecular complexity index is 640. The van der Waals surface area contributed by atoms with E-state index in [0.717, 1.165) is 22.2 Å². The Morgan fingerprint density at radius 2 is 2.21 bits per heavy atom. The second kappa shape index (κ2) is 5.92. The molecular formula is C12H14BrN5O. The van der Waals surface area contributed by atoms with Crippen LogP contribution in [-0.2, 0) is 13.0 Å². The number of aromatic nitrogens is 4. The van der Waals surface area contributed by atoms with Gasteiger partial charge >= 0.3 is 5.69 Å². The SMILES string of the molecule is CCc1nccc(Br)c1Cn1cnc(NC)nc1=O. The third-order valence-electron chi connectivity index (χ3n) is 2.74. The molecule has 0 aromatic carbocycles. The minimum Gasteiger partial charge on any atom is -0.357 e. The zero-order chi connectivity index (χ0) is 13.8. The van der Waals surface area contributed by atoms with Crippen LogP contribution in [-0.4, -0.2) is 26.6 Å². The van der Waals surface area contributed by atoms with Gasteiger partial charge in [0, 0.05) is 29.0 Å². The summed E-state index contributed by atoms with van der Waals surface area (Å²) in [6.07, 6.45) is 4.04. The van der Waals surface area contributed by atoms with Crippen molar-refractivity contribution in [3.63, 3.8) is 0 Å². The molecule has 0 radical (unpaired) electrons. The summed E-state index contributed by atoms with van der Waals surface area (Å²) in [4.78, 5) is 24.0. The van der Waals surface area contributed by atoms with Gasteiger partial charge in [0.25, 0.3) is 0 Å². The highest BCUT2D eigenvalue weighted by molar-refractivity contribution is 9.10. The molecule has 6 nitrogen and oxygen atoms in total. The first-order valence-corrected chi connectivity index (χ1v) is 6.68. The number of hydrogen-bond acceptors (Lipinski definition) is 5. The van der Waals surface area contributed by atoms with E-state index < -0.39 is 0 Å². The van der Waals surface area contributed by atoms with E-state index >= 15 is 0 Å². The molecule has 0 atom stereocenters. The Morgan fingerprint density at radius 3 is 2.84 bits per heavy atom. The minimum atomic E-state index is -0.336. The van der Waals surface area contributed by atoms with Crippen molar-refractivity contribution in [2.75, 3.05) is 12.4 Å². The van der Waals surface area contributed by atoms with Crippen molar-refractivity contribution in [1.82, 2.24) is 19.5 Å². The van der Waals surface area contributed by atoms with Crippen molar-refractivity contribution in [3.8, 4) is 0 Å². The predicted molar refractivity (Wildman–Crippen MR) is 76.3 cm³/mol. The molecule has 0 spiro atoms. The summed E-state index contributed by atoms with van der Waals surface area (Å²) in [5.41, 5.74) is 1.60. The van der Waals surface area contributed by atoms with Crippen molar-refractivity contribution in [1.29, 1.82) is 0 Å². The smallest absolute Gasteiger partial charge is 0.352 e. The average Bonchev–Trinajstić information content (AvgIpc) is 2.42. The number of hydrogen-bond donors (Lipinski definition) is 1. The Kier molecular flexibility index (Phi) is 4.26. The van der Waals surface area contributed by atoms with Crippen LogP contribution in [0.15, 0.2) is 27.9 Å². The molecule has 1 N–H and O–H groups in total. The van der Waals surface area contributed by atoms with Crippen molar-refractivity contribution in [3.05, 3.63) is 44.8 Å². The van der Waals surface area contributed by atoms with E-state index in [0.29, 0.717) is 12.5 Å². The molecule has 2 rings (SSSR count). The highest BCUT2D eigenvalue weighted by Gasteiger charge is 2.09. The number of rotatable bonds is 4. The van der Waals surface area contributed by atoms with Gasteiger partial charge < -0.3 is 5.32 Å². The van der Waals surface area contributed by atoms with Gasteiger partial charge in [-0.15, -0.1) is 0 Å². The van der Waals surface area contributed by atoms with Gasteiger partial charge in [-0.1, -0.05) is 22.9 Å². The molecule has 0 aliphatic rings. The molecule has 0 bridgehead atoms. The van der Waals surface area contributed by atoms with Gasteiger partial charge in [0.1, 0.15) is 6.33 Å². The van der Waals surface area contributed by atoms with E-state index in [-0.39, 0.29) is 5.69 Å². The number of nitrogens with one attached hydrogen (secondary N) is 1. The molecule has 0 aliphatic heterocycles. The van der Waals surface area contributed by atoms with E-state index in [1.165, 1.54) is 10.9 Å². The van der Waals surface area contributed by atoms with E-state index in [4.69, 9.17) is 0 Å². The molecule has 2 heterocycles. The summed E-state index contributed by atoms with van der Waals surface area (Å²) in [6.45, 7) is 2.43. The van der Waals surface area contributed by atoms with E-state index in [1.807, 2.05) is 13.0 Å². The Balaban J connectivity index is 2.39. The highest BCUT2D eigenvalue weighted by Crippen LogP contribution is 2.19. The Labute approximate surface area is 119 Å². The van der Waals surface area contributed by atoms with Crippen LogP contribution in [0.1, 0.15) is 18.2 Å². The second-order valence-corrected chi connectivity index (χ2v) is 4.77. The van der Waals surface area contributed by atoms with Gasteiger partial charge in [-0.2, -0.15) is 4.98 Å². The lowest BCUT2D eigenvalue weighted by molar-refractivity contribution is 0.691. The number of nitrogens with zero attached hydrogens (tertiary/aromatic N) is 4. The minimum absolute atomic E-state index is 0.321. The fourth-order valence-corrected chi connectivity index (χ4v) is 2.21. The molecule has 0 amide bonds. The summed E-state index contributed by atoms with van der Waals surface area (Å²) in [5, 5.41) is 2.74. The number of anilines is 1. The summed E-state index contributed by atoms with van der Waals surface area (Å²) in [6, 6.07) is 1.86. The van der Waals surface area contributed by atoms with Gasteiger partial charge in [0.2, 0.25) is 5.95 Å². The summed E-state index contributed by atoms with van der Waals surface area (Å²) < 4.78 is 2.39. The largest absolute Gasteiger partial charge is 0.357 e. The lowest BCUT2D eigenvalue weighted by Gasteiger charge is -2.10. The molecule has 0 saturated carbocycles. The molecule has 100 valence electrons. The van der Waals surface area contributed by atoms with E-state index in [9.17, 15) is 4.79 Å². The Hall–Kier alpha value is -1.76. The van der Waals surface area contributed by atoms with Crippen molar-refractivity contribution in [2.24, 2.45) is 0 Å². The first kappa shape index (κ1) is 13.7. The fourth-order valence-electron chi connectivity index (χ4n) is 1.74. The molecule has 0 unspecified atom stereocenters. The van der Waals surface area contributed by atoms with Crippen LogP contribution in [0, 0.1) is 0 Å². The van der Waals surface area contributed by atoms with Crippen LogP contribution in [0.25, 0.3) is 0 Å². The summed E-state index contributed by atoms with van der Waals surface area (Å²) in [7, 11) is 1.67. The lowest BCUT2D eigenvalue weighted by Crippen LogP contribution is -2.25. The maximum absolute atomic E-state index is 11.9. The monoisotopic (exact) mass is 323 g/mol. The first-order valence-electron chi connectivity index (χ1n) is 5.89. The standard InChI is InChI=1S/C12H14BrN5O/c1-3-10-8(9(13)4-5-15-10)6-18-7-16-11(14-2)17-12(18)19/h4-5,7H,3,6H2,1-2H3,(H,14,17,19). The zero-order valence-corrected chi connectivity index (χ0v) is 12.3. The van der Waals surface area contributed by atoms with Gasteiger partial charge in [-0.25, -0.2) is 9.78 Å². The third kappa shape index (κ3) is 2.98. The molecule has 19 heavy (non-hydrogen) atoms. The first-order chi connectivity index (χ1) is 9.15. The topological polar surface area (TPSA) is 72.7 Å². The zero-order valence-electron chi connectivity index (χ0n) is 10.7. The van der Waals surface area contributed by atoms with Gasteiger partial charge in [0.05, 0.1) is 6.54 Å². The van der Waals surface area contributed by atoms with Crippen LogP contribution >= 0.6 is 15.9 Å². The van der Waals surface area contributed by atoms with E-state index in [1.54, 1.807) is 13.2 Å². The predicted octanol–water partition coefficient (Wildman–Crippen LogP) is 1.45. The summed E-state index contributed by atoms with van der Waals surface area (Å²) >= 11 is 3.49. The molecule has 0 fully saturated rings. The van der Waals surface area contributed by atoms with Crippen molar-refractivity contribution >= 4 is 21.9 Å². The highest BCUT2D eigenvalue weighted by atomic mass is 79.9. The van der Waals surface area contributed by atoms with Crippen LogP contribution in [0.5, 0.6) is 0 Å². The number of pyridine rings is 1. The second-order valence-electron chi connectivity index (χ2n) is 3.91. The normalized spacial score (nSPS) is 10.5. The molecular weight excluding hydrogens is 310 g/mol. The Morgan fingerprint density at radius 1 is 1.42 bits per heavy atom. The van der Waals surface area contributed by atoms with Crippen LogP contribution in [0.4, 0.5) is 5.95 Å². The maximum atomic E-state index is 11.9. The molecule has 2 aromatic rings.